The van der Waals surface area contributed by atoms with E-state index in [9.17, 15) is 9.65 Å². The third-order valence-corrected chi connectivity index (χ3v) is 4.53. The summed E-state index contributed by atoms with van der Waals surface area (Å²) in [4.78, 5) is 9.19. The Labute approximate surface area is 148 Å². The highest BCUT2D eigenvalue weighted by molar-refractivity contribution is 5.57. The van der Waals surface area contributed by atoms with Crippen LogP contribution >= 0.6 is 0 Å². The maximum absolute atomic E-state index is 13.1. The lowest BCUT2D eigenvalue weighted by atomic mass is 9.91. The van der Waals surface area contributed by atoms with Crippen molar-refractivity contribution in [3.8, 4) is 6.07 Å². The molecule has 0 radical (unpaired) electrons. The number of benzene rings is 1. The van der Waals surface area contributed by atoms with Crippen molar-refractivity contribution in [3.63, 3.8) is 0 Å². The van der Waals surface area contributed by atoms with E-state index in [1.807, 2.05) is 24.3 Å². The minimum Gasteiger partial charge on any atom is -0.368 e. The van der Waals surface area contributed by atoms with Crippen LogP contribution in [0.25, 0.3) is 0 Å². The molecule has 0 unspecified atom stereocenters. The second-order valence-electron chi connectivity index (χ2n) is 7.38. The molecule has 25 heavy (non-hydrogen) atoms. The lowest BCUT2D eigenvalue weighted by Gasteiger charge is -2.37. The van der Waals surface area contributed by atoms with Crippen LogP contribution in [0.15, 0.2) is 36.4 Å². The maximum Gasteiger partial charge on any atom is 0.146 e. The third-order valence-electron chi connectivity index (χ3n) is 4.53. The van der Waals surface area contributed by atoms with Crippen LogP contribution in [0.2, 0.25) is 0 Å². The molecule has 130 valence electrons. The topological polar surface area (TPSA) is 43.2 Å². The SMILES string of the molecule is CC(C)(C)c1ccc(C#N)c(N2CCN(c3ccc(F)cc3)CC2)n1. The Morgan fingerprint density at radius 1 is 0.960 bits per heavy atom. The molecule has 0 amide bonds. The van der Waals surface area contributed by atoms with Gasteiger partial charge >= 0.3 is 0 Å². The highest BCUT2D eigenvalue weighted by atomic mass is 19.1. The van der Waals surface area contributed by atoms with Crippen LogP contribution in [0.3, 0.4) is 0 Å². The number of aromatic nitrogens is 1. The average molecular weight is 338 g/mol. The van der Waals surface area contributed by atoms with Gasteiger partial charge in [-0.2, -0.15) is 5.26 Å². The van der Waals surface area contributed by atoms with E-state index >= 15 is 0 Å². The van der Waals surface area contributed by atoms with Crippen LogP contribution in [-0.2, 0) is 5.41 Å². The number of pyridine rings is 1. The largest absolute Gasteiger partial charge is 0.368 e. The van der Waals surface area contributed by atoms with E-state index in [2.05, 4.69) is 36.6 Å². The van der Waals surface area contributed by atoms with Gasteiger partial charge in [0, 0.05) is 43.0 Å². The number of piperazine rings is 1. The minimum atomic E-state index is -0.218. The van der Waals surface area contributed by atoms with E-state index in [4.69, 9.17) is 4.98 Å². The van der Waals surface area contributed by atoms with E-state index in [1.54, 1.807) is 0 Å². The highest BCUT2D eigenvalue weighted by Gasteiger charge is 2.23. The fourth-order valence-corrected chi connectivity index (χ4v) is 3.02. The summed E-state index contributed by atoms with van der Waals surface area (Å²) in [6.07, 6.45) is 0. The summed E-state index contributed by atoms with van der Waals surface area (Å²) in [5.41, 5.74) is 2.57. The molecule has 5 heteroatoms. The number of nitriles is 1. The van der Waals surface area contributed by atoms with Crippen molar-refractivity contribution in [1.29, 1.82) is 5.26 Å². The molecule has 1 saturated heterocycles. The summed E-state index contributed by atoms with van der Waals surface area (Å²) in [5, 5.41) is 9.44. The molecule has 2 heterocycles. The first-order valence-electron chi connectivity index (χ1n) is 8.55. The fraction of sp³-hybridized carbons (Fsp3) is 0.400. The van der Waals surface area contributed by atoms with Crippen LogP contribution in [0.1, 0.15) is 32.0 Å². The Kier molecular flexibility index (Phi) is 4.63. The average Bonchev–Trinajstić information content (AvgIpc) is 2.61. The van der Waals surface area contributed by atoms with Gasteiger partial charge in [-0.1, -0.05) is 20.8 Å². The van der Waals surface area contributed by atoms with Gasteiger partial charge in [-0.15, -0.1) is 0 Å². The second kappa shape index (κ2) is 6.72. The summed E-state index contributed by atoms with van der Waals surface area (Å²) in [7, 11) is 0. The minimum absolute atomic E-state index is 0.0569. The summed E-state index contributed by atoms with van der Waals surface area (Å²) in [6.45, 7) is 9.57. The van der Waals surface area contributed by atoms with E-state index in [-0.39, 0.29) is 11.2 Å². The summed E-state index contributed by atoms with van der Waals surface area (Å²) in [6, 6.07) is 12.7. The second-order valence-corrected chi connectivity index (χ2v) is 7.38. The van der Waals surface area contributed by atoms with E-state index in [0.717, 1.165) is 43.4 Å². The zero-order chi connectivity index (χ0) is 18.0. The molecule has 0 atom stereocenters. The van der Waals surface area contributed by atoms with Gasteiger partial charge in [0.25, 0.3) is 0 Å². The molecule has 4 nitrogen and oxygen atoms in total. The molecule has 1 fully saturated rings. The van der Waals surface area contributed by atoms with Gasteiger partial charge in [-0.05, 0) is 36.4 Å². The Bertz CT molecular complexity index is 779. The predicted octanol–water partition coefficient (Wildman–Crippen LogP) is 3.72. The summed E-state index contributed by atoms with van der Waals surface area (Å²) < 4.78 is 13.1. The number of nitrogens with zero attached hydrogens (tertiary/aromatic N) is 4. The quantitative estimate of drug-likeness (QED) is 0.837. The first-order valence-corrected chi connectivity index (χ1v) is 8.55. The van der Waals surface area contributed by atoms with Crippen molar-refractivity contribution >= 4 is 11.5 Å². The molecule has 0 saturated carbocycles. The first kappa shape index (κ1) is 17.2. The molecule has 2 aromatic rings. The summed E-state index contributed by atoms with van der Waals surface area (Å²) in [5.74, 6) is 0.554. The first-order chi connectivity index (χ1) is 11.9. The predicted molar refractivity (Wildman–Crippen MR) is 98.5 cm³/mol. The number of anilines is 2. The molecule has 0 bridgehead atoms. The fourth-order valence-electron chi connectivity index (χ4n) is 3.02. The molecule has 1 aliphatic rings. The smallest absolute Gasteiger partial charge is 0.146 e. The van der Waals surface area contributed by atoms with Crippen molar-refractivity contribution in [2.45, 2.75) is 26.2 Å². The van der Waals surface area contributed by atoms with Gasteiger partial charge in [-0.3, -0.25) is 0 Å². The number of halogens is 1. The molecule has 3 rings (SSSR count). The Morgan fingerprint density at radius 3 is 2.12 bits per heavy atom. The lowest BCUT2D eigenvalue weighted by molar-refractivity contribution is 0.565. The van der Waals surface area contributed by atoms with Crippen LogP contribution in [-0.4, -0.2) is 31.2 Å². The number of rotatable bonds is 2. The molecule has 1 aromatic heterocycles. The Hall–Kier alpha value is -2.61. The zero-order valence-corrected chi connectivity index (χ0v) is 15.0. The van der Waals surface area contributed by atoms with Gasteiger partial charge in [0.15, 0.2) is 0 Å². The van der Waals surface area contributed by atoms with Crippen LogP contribution in [0.4, 0.5) is 15.9 Å². The van der Waals surface area contributed by atoms with Crippen molar-refractivity contribution in [2.75, 3.05) is 36.0 Å². The zero-order valence-electron chi connectivity index (χ0n) is 15.0. The number of hydrogen-bond acceptors (Lipinski definition) is 4. The highest BCUT2D eigenvalue weighted by Crippen LogP contribution is 2.27. The monoisotopic (exact) mass is 338 g/mol. The lowest BCUT2D eigenvalue weighted by Crippen LogP contribution is -2.47. The molecule has 0 aliphatic carbocycles. The van der Waals surface area contributed by atoms with Gasteiger partial charge in [-0.25, -0.2) is 9.37 Å². The normalized spacial score (nSPS) is 15.2. The van der Waals surface area contributed by atoms with Crippen LogP contribution in [0, 0.1) is 17.1 Å². The van der Waals surface area contributed by atoms with Crippen molar-refractivity contribution in [1.82, 2.24) is 4.98 Å². The van der Waals surface area contributed by atoms with Crippen LogP contribution < -0.4 is 9.80 Å². The molecular formula is C20H23FN4. The van der Waals surface area contributed by atoms with Crippen molar-refractivity contribution in [2.24, 2.45) is 0 Å². The molecule has 0 spiro atoms. The molecular weight excluding hydrogens is 315 g/mol. The van der Waals surface area contributed by atoms with E-state index in [0.29, 0.717) is 5.56 Å². The van der Waals surface area contributed by atoms with E-state index < -0.39 is 0 Å². The molecule has 1 aromatic carbocycles. The molecule has 0 N–H and O–H groups in total. The number of hydrogen-bond donors (Lipinski definition) is 0. The van der Waals surface area contributed by atoms with Gasteiger partial charge in [0.1, 0.15) is 17.7 Å². The maximum atomic E-state index is 13.1. The Morgan fingerprint density at radius 2 is 1.56 bits per heavy atom. The van der Waals surface area contributed by atoms with Gasteiger partial charge in [0.05, 0.1) is 5.56 Å². The van der Waals surface area contributed by atoms with Crippen molar-refractivity contribution in [3.05, 3.63) is 53.5 Å². The van der Waals surface area contributed by atoms with Gasteiger partial charge < -0.3 is 9.80 Å². The Balaban J connectivity index is 1.78. The molecule has 1 aliphatic heterocycles. The van der Waals surface area contributed by atoms with Gasteiger partial charge in [0.2, 0.25) is 0 Å². The summed E-state index contributed by atoms with van der Waals surface area (Å²) >= 11 is 0. The van der Waals surface area contributed by atoms with E-state index in [1.165, 1.54) is 12.1 Å². The van der Waals surface area contributed by atoms with Crippen molar-refractivity contribution < 1.29 is 4.39 Å². The standard InChI is InChI=1S/C20H23FN4/c1-20(2,3)18-9-4-15(14-22)19(23-18)25-12-10-24(11-13-25)17-7-5-16(21)6-8-17/h4-9H,10-13H2,1-3H3. The third kappa shape index (κ3) is 3.74. The van der Waals surface area contributed by atoms with Crippen LogP contribution in [0.5, 0.6) is 0 Å².